The van der Waals surface area contributed by atoms with Gasteiger partial charge in [-0.2, -0.15) is 0 Å². The largest absolute Gasteiger partial charge is 0.496 e. The van der Waals surface area contributed by atoms with Crippen LogP contribution >= 0.6 is 0 Å². The lowest BCUT2D eigenvalue weighted by molar-refractivity contribution is -0.130. The van der Waals surface area contributed by atoms with Crippen molar-refractivity contribution >= 4 is 5.91 Å². The van der Waals surface area contributed by atoms with Gasteiger partial charge in [-0.3, -0.25) is 4.79 Å². The molecule has 3 heteroatoms. The van der Waals surface area contributed by atoms with Gasteiger partial charge in [0.25, 0.3) is 0 Å². The summed E-state index contributed by atoms with van der Waals surface area (Å²) in [7, 11) is 3.52. The molecule has 0 aliphatic heterocycles. The molecule has 144 valence electrons. The Bertz CT molecular complexity index is 867. The summed E-state index contributed by atoms with van der Waals surface area (Å²) in [5.74, 6) is 0.964. The van der Waals surface area contributed by atoms with E-state index in [0.29, 0.717) is 13.0 Å². The van der Waals surface area contributed by atoms with Crippen LogP contribution in [0.5, 0.6) is 5.75 Å². The maximum absolute atomic E-state index is 13.1. The second kappa shape index (κ2) is 9.23. The average Bonchev–Trinajstić information content (AvgIpc) is 2.73. The van der Waals surface area contributed by atoms with Crippen molar-refractivity contribution in [2.75, 3.05) is 14.2 Å². The van der Waals surface area contributed by atoms with E-state index < -0.39 is 0 Å². The molecule has 0 saturated carbocycles. The van der Waals surface area contributed by atoms with Gasteiger partial charge in [0.05, 0.1) is 7.11 Å². The monoisotopic (exact) mass is 373 g/mol. The van der Waals surface area contributed by atoms with Gasteiger partial charge in [-0.1, -0.05) is 78.4 Å². The van der Waals surface area contributed by atoms with Crippen molar-refractivity contribution in [2.24, 2.45) is 0 Å². The highest BCUT2D eigenvalue weighted by Gasteiger charge is 2.21. The molecule has 0 saturated heterocycles. The van der Waals surface area contributed by atoms with Gasteiger partial charge in [0.1, 0.15) is 5.75 Å². The Morgan fingerprint density at radius 1 is 0.929 bits per heavy atom. The first-order valence-corrected chi connectivity index (χ1v) is 9.56. The number of hydrogen-bond acceptors (Lipinski definition) is 2. The fraction of sp³-hybridized carbons (Fsp3) is 0.240. The van der Waals surface area contributed by atoms with Crippen molar-refractivity contribution < 1.29 is 9.53 Å². The van der Waals surface area contributed by atoms with E-state index in [2.05, 4.69) is 30.3 Å². The Labute approximate surface area is 167 Å². The zero-order valence-electron chi connectivity index (χ0n) is 16.8. The molecule has 28 heavy (non-hydrogen) atoms. The van der Waals surface area contributed by atoms with Crippen molar-refractivity contribution in [1.82, 2.24) is 4.90 Å². The topological polar surface area (TPSA) is 29.5 Å². The number of rotatable bonds is 7. The minimum Gasteiger partial charge on any atom is -0.496 e. The highest BCUT2D eigenvalue weighted by Crippen LogP contribution is 2.29. The van der Waals surface area contributed by atoms with E-state index in [1.54, 1.807) is 12.0 Å². The Morgan fingerprint density at radius 3 is 2.04 bits per heavy atom. The third kappa shape index (κ3) is 4.80. The molecule has 0 unspecified atom stereocenters. The van der Waals surface area contributed by atoms with Gasteiger partial charge in [0.2, 0.25) is 5.91 Å². The summed E-state index contributed by atoms with van der Waals surface area (Å²) in [6.45, 7) is 2.57. The van der Waals surface area contributed by atoms with Gasteiger partial charge in [0, 0.05) is 31.5 Å². The predicted octanol–water partition coefficient (Wildman–Crippen LogP) is 5.18. The average molecular weight is 373 g/mol. The Balaban J connectivity index is 1.79. The molecule has 0 aliphatic carbocycles. The SMILES string of the molecule is COc1ccc(C)cc1CN(C)C(=O)CC(c1ccccc1)c1ccccc1. The van der Waals surface area contributed by atoms with Crippen molar-refractivity contribution in [1.29, 1.82) is 0 Å². The van der Waals surface area contributed by atoms with Gasteiger partial charge in [-0.05, 0) is 24.1 Å². The highest BCUT2D eigenvalue weighted by molar-refractivity contribution is 5.77. The lowest BCUT2D eigenvalue weighted by Crippen LogP contribution is -2.28. The quantitative estimate of drug-likeness (QED) is 0.571. The van der Waals surface area contributed by atoms with Gasteiger partial charge >= 0.3 is 0 Å². The van der Waals surface area contributed by atoms with E-state index in [1.807, 2.05) is 62.5 Å². The van der Waals surface area contributed by atoms with Gasteiger partial charge in [0.15, 0.2) is 0 Å². The number of aryl methyl sites for hydroxylation is 1. The number of ether oxygens (including phenoxy) is 1. The van der Waals surface area contributed by atoms with Crippen LogP contribution in [-0.2, 0) is 11.3 Å². The summed E-state index contributed by atoms with van der Waals surface area (Å²) in [5.41, 5.74) is 4.49. The molecule has 3 aromatic rings. The molecule has 0 spiro atoms. The maximum Gasteiger partial charge on any atom is 0.223 e. The fourth-order valence-corrected chi connectivity index (χ4v) is 3.50. The normalized spacial score (nSPS) is 10.7. The van der Waals surface area contributed by atoms with E-state index in [0.717, 1.165) is 28.0 Å². The van der Waals surface area contributed by atoms with Crippen LogP contribution in [0.4, 0.5) is 0 Å². The van der Waals surface area contributed by atoms with Crippen LogP contribution in [0.25, 0.3) is 0 Å². The second-order valence-electron chi connectivity index (χ2n) is 7.14. The van der Waals surface area contributed by atoms with Gasteiger partial charge in [-0.15, -0.1) is 0 Å². The molecular weight excluding hydrogens is 346 g/mol. The second-order valence-corrected chi connectivity index (χ2v) is 7.14. The summed E-state index contributed by atoms with van der Waals surface area (Å²) >= 11 is 0. The number of benzene rings is 3. The van der Waals surface area contributed by atoms with Gasteiger partial charge in [-0.25, -0.2) is 0 Å². The van der Waals surface area contributed by atoms with Crippen LogP contribution in [0.3, 0.4) is 0 Å². The van der Waals surface area contributed by atoms with Crippen LogP contribution in [0.1, 0.15) is 34.6 Å². The van der Waals surface area contributed by atoms with Crippen molar-refractivity contribution in [3.63, 3.8) is 0 Å². The molecule has 0 heterocycles. The van der Waals surface area contributed by atoms with E-state index in [9.17, 15) is 4.79 Å². The molecule has 0 N–H and O–H groups in total. The third-order valence-corrected chi connectivity index (χ3v) is 5.05. The lowest BCUT2D eigenvalue weighted by Gasteiger charge is -2.23. The van der Waals surface area contributed by atoms with Crippen molar-refractivity contribution in [3.05, 3.63) is 101 Å². The fourth-order valence-electron chi connectivity index (χ4n) is 3.50. The van der Waals surface area contributed by atoms with E-state index in [1.165, 1.54) is 0 Å². The lowest BCUT2D eigenvalue weighted by atomic mass is 9.88. The molecule has 0 atom stereocenters. The third-order valence-electron chi connectivity index (χ3n) is 5.05. The standard InChI is InChI=1S/C25H27NO2/c1-19-14-15-24(28-3)22(16-19)18-26(2)25(27)17-23(20-10-6-4-7-11-20)21-12-8-5-9-13-21/h4-16,23H,17-18H2,1-3H3. The summed E-state index contributed by atoms with van der Waals surface area (Å²) in [5, 5.41) is 0. The van der Waals surface area contributed by atoms with Crippen molar-refractivity contribution in [2.45, 2.75) is 25.8 Å². The molecule has 0 aromatic heterocycles. The molecule has 3 aromatic carbocycles. The minimum atomic E-state index is 0.0387. The van der Waals surface area contributed by atoms with E-state index >= 15 is 0 Å². The molecule has 0 bridgehead atoms. The smallest absolute Gasteiger partial charge is 0.223 e. The number of hydrogen-bond donors (Lipinski definition) is 0. The Hall–Kier alpha value is -3.07. The first-order valence-electron chi connectivity index (χ1n) is 9.56. The molecule has 0 fully saturated rings. The Kier molecular flexibility index (Phi) is 6.49. The van der Waals surface area contributed by atoms with Crippen LogP contribution in [0.2, 0.25) is 0 Å². The molecular formula is C25H27NO2. The maximum atomic E-state index is 13.1. The van der Waals surface area contributed by atoms with E-state index in [-0.39, 0.29) is 11.8 Å². The summed E-state index contributed by atoms with van der Waals surface area (Å²) < 4.78 is 5.46. The van der Waals surface area contributed by atoms with Crippen LogP contribution in [-0.4, -0.2) is 25.0 Å². The zero-order chi connectivity index (χ0) is 19.9. The molecule has 1 amide bonds. The first kappa shape index (κ1) is 19.7. The first-order chi connectivity index (χ1) is 13.6. The number of carbonyl (C=O) groups is 1. The zero-order valence-corrected chi connectivity index (χ0v) is 16.8. The number of amides is 1. The molecule has 3 rings (SSSR count). The number of carbonyl (C=O) groups excluding carboxylic acids is 1. The molecule has 0 aliphatic rings. The number of methoxy groups -OCH3 is 1. The Morgan fingerprint density at radius 2 is 1.50 bits per heavy atom. The summed E-state index contributed by atoms with van der Waals surface area (Å²) in [6, 6.07) is 26.5. The van der Waals surface area contributed by atoms with Crippen molar-refractivity contribution in [3.8, 4) is 5.75 Å². The van der Waals surface area contributed by atoms with E-state index in [4.69, 9.17) is 4.74 Å². The molecule has 3 nitrogen and oxygen atoms in total. The predicted molar refractivity (Wildman–Crippen MR) is 114 cm³/mol. The summed E-state index contributed by atoms with van der Waals surface area (Å²) in [4.78, 5) is 14.9. The highest BCUT2D eigenvalue weighted by atomic mass is 16.5. The van der Waals surface area contributed by atoms with Crippen LogP contribution in [0, 0.1) is 6.92 Å². The number of nitrogens with zero attached hydrogens (tertiary/aromatic N) is 1. The van der Waals surface area contributed by atoms with Crippen LogP contribution < -0.4 is 4.74 Å². The minimum absolute atomic E-state index is 0.0387. The molecule has 0 radical (unpaired) electrons. The van der Waals surface area contributed by atoms with Gasteiger partial charge < -0.3 is 9.64 Å². The van der Waals surface area contributed by atoms with Crippen LogP contribution in [0.15, 0.2) is 78.9 Å². The summed E-state index contributed by atoms with van der Waals surface area (Å²) in [6.07, 6.45) is 0.429.